The van der Waals surface area contributed by atoms with Crippen LogP contribution in [0, 0.1) is 0 Å². The molecule has 1 aliphatic rings. The van der Waals surface area contributed by atoms with Crippen LogP contribution in [-0.2, 0) is 4.79 Å². The molecule has 1 heterocycles. The maximum Gasteiger partial charge on any atom is 0.320 e. The van der Waals surface area contributed by atoms with E-state index in [-0.39, 0.29) is 6.42 Å². The largest absolute Gasteiger partial charge is 0.480 e. The molecule has 0 aliphatic carbocycles. The first kappa shape index (κ1) is 9.08. The summed E-state index contributed by atoms with van der Waals surface area (Å²) in [6, 6.07) is -0.897. The fourth-order valence-electron chi connectivity index (χ4n) is 1.03. The van der Waals surface area contributed by atoms with E-state index in [1.54, 1.807) is 0 Å². The van der Waals surface area contributed by atoms with Crippen LogP contribution < -0.4 is 11.5 Å². The number of carbonyl (C=O) groups is 1. The van der Waals surface area contributed by atoms with Crippen LogP contribution in [0.15, 0.2) is 10.2 Å². The zero-order valence-electron chi connectivity index (χ0n) is 6.60. The number of aliphatic carboxylic acids is 1. The van der Waals surface area contributed by atoms with E-state index >= 15 is 0 Å². The molecule has 0 aromatic rings. The van der Waals surface area contributed by atoms with Gasteiger partial charge in [-0.05, 0) is 6.54 Å². The highest BCUT2D eigenvalue weighted by atomic mass is 16.4. The molecule has 1 aliphatic heterocycles. The van der Waals surface area contributed by atoms with Gasteiger partial charge < -0.3 is 16.6 Å². The lowest BCUT2D eigenvalue weighted by atomic mass is 10.0. The lowest BCUT2D eigenvalue weighted by Gasteiger charge is -2.11. The number of carboxylic acid groups (broad SMARTS) is 1. The molecule has 0 radical (unpaired) electrons. The van der Waals surface area contributed by atoms with Crippen LogP contribution in [0.3, 0.4) is 0 Å². The summed E-state index contributed by atoms with van der Waals surface area (Å²) in [6.45, 7) is 0.444. The number of nitrogens with two attached hydrogens (primary N) is 2. The predicted molar refractivity (Wildman–Crippen MR) is 41.5 cm³/mol. The SMILES string of the molecule is NCCC1(C[C@H](N)C(=O)O)N=N1. The minimum Gasteiger partial charge on any atom is -0.480 e. The van der Waals surface area contributed by atoms with Gasteiger partial charge in [0.1, 0.15) is 6.04 Å². The average Bonchev–Trinajstić information content (AvgIpc) is 2.69. The van der Waals surface area contributed by atoms with E-state index in [4.69, 9.17) is 16.6 Å². The zero-order valence-corrected chi connectivity index (χ0v) is 6.60. The van der Waals surface area contributed by atoms with Crippen molar-refractivity contribution in [1.29, 1.82) is 0 Å². The van der Waals surface area contributed by atoms with Crippen molar-refractivity contribution < 1.29 is 9.90 Å². The summed E-state index contributed by atoms with van der Waals surface area (Å²) in [5.74, 6) is -1.02. The van der Waals surface area contributed by atoms with Crippen LogP contribution in [0.4, 0.5) is 0 Å². The Hall–Kier alpha value is -1.01. The van der Waals surface area contributed by atoms with Gasteiger partial charge in [-0.3, -0.25) is 4.79 Å². The number of carboxylic acids is 1. The Kier molecular flexibility index (Phi) is 2.39. The molecule has 0 fully saturated rings. The summed E-state index contributed by atoms with van der Waals surface area (Å²) in [5, 5.41) is 16.0. The van der Waals surface area contributed by atoms with Gasteiger partial charge in [-0.1, -0.05) is 0 Å². The average molecular weight is 172 g/mol. The minimum atomic E-state index is -1.02. The molecule has 1 rings (SSSR count). The minimum absolute atomic E-state index is 0.250. The molecule has 0 aromatic carbocycles. The van der Waals surface area contributed by atoms with Crippen LogP contribution in [0.2, 0.25) is 0 Å². The molecule has 0 spiro atoms. The zero-order chi connectivity index (χ0) is 9.19. The first-order valence-electron chi connectivity index (χ1n) is 3.72. The standard InChI is InChI=1S/C6H12N4O2/c7-2-1-6(9-10-6)3-4(8)5(11)12/h4H,1-3,7-8H2,(H,11,12)/t4-/m0/s1. The van der Waals surface area contributed by atoms with E-state index in [0.717, 1.165) is 0 Å². The van der Waals surface area contributed by atoms with Crippen molar-refractivity contribution in [2.45, 2.75) is 24.5 Å². The van der Waals surface area contributed by atoms with E-state index in [2.05, 4.69) is 10.2 Å². The number of hydrogen-bond donors (Lipinski definition) is 3. The Bertz CT molecular complexity index is 210. The van der Waals surface area contributed by atoms with Gasteiger partial charge in [-0.25, -0.2) is 0 Å². The Morgan fingerprint density at radius 3 is 2.50 bits per heavy atom. The Morgan fingerprint density at radius 2 is 2.17 bits per heavy atom. The highest BCUT2D eigenvalue weighted by Crippen LogP contribution is 2.35. The normalized spacial score (nSPS) is 20.5. The predicted octanol–water partition coefficient (Wildman–Crippen LogP) is -0.701. The summed E-state index contributed by atoms with van der Waals surface area (Å²) in [7, 11) is 0. The van der Waals surface area contributed by atoms with Gasteiger partial charge in [0, 0.05) is 12.8 Å². The molecular formula is C6H12N4O2. The van der Waals surface area contributed by atoms with Gasteiger partial charge in [0.25, 0.3) is 0 Å². The summed E-state index contributed by atoms with van der Waals surface area (Å²) >= 11 is 0. The molecule has 6 heteroatoms. The van der Waals surface area contributed by atoms with Crippen molar-refractivity contribution in [1.82, 2.24) is 0 Å². The Balaban J connectivity index is 2.35. The second kappa shape index (κ2) is 3.16. The van der Waals surface area contributed by atoms with Crippen molar-refractivity contribution in [3.63, 3.8) is 0 Å². The fraction of sp³-hybridized carbons (Fsp3) is 0.833. The molecule has 5 N–H and O–H groups in total. The number of hydrogen-bond acceptors (Lipinski definition) is 5. The first-order chi connectivity index (χ1) is 5.59. The third-order valence-corrected chi connectivity index (χ3v) is 1.79. The molecule has 68 valence electrons. The van der Waals surface area contributed by atoms with Crippen molar-refractivity contribution in [3.05, 3.63) is 0 Å². The van der Waals surface area contributed by atoms with Crippen molar-refractivity contribution in [2.24, 2.45) is 21.7 Å². The molecular weight excluding hydrogens is 160 g/mol. The summed E-state index contributed by atoms with van der Waals surface area (Å²) in [5.41, 5.74) is 10.0. The maximum absolute atomic E-state index is 10.4. The lowest BCUT2D eigenvalue weighted by Crippen LogP contribution is -2.36. The molecule has 0 amide bonds. The number of rotatable bonds is 5. The monoisotopic (exact) mass is 172 g/mol. The molecule has 0 saturated heterocycles. The quantitative estimate of drug-likeness (QED) is 0.508. The second-order valence-corrected chi connectivity index (χ2v) is 2.87. The van der Waals surface area contributed by atoms with Crippen molar-refractivity contribution >= 4 is 5.97 Å². The molecule has 0 unspecified atom stereocenters. The van der Waals surface area contributed by atoms with Crippen LogP contribution in [0.25, 0.3) is 0 Å². The van der Waals surface area contributed by atoms with E-state index in [0.29, 0.717) is 13.0 Å². The second-order valence-electron chi connectivity index (χ2n) is 2.87. The maximum atomic E-state index is 10.4. The molecule has 6 nitrogen and oxygen atoms in total. The van der Waals surface area contributed by atoms with Crippen LogP contribution >= 0.6 is 0 Å². The van der Waals surface area contributed by atoms with E-state index in [1.807, 2.05) is 0 Å². The summed E-state index contributed by atoms with van der Waals surface area (Å²) in [4.78, 5) is 10.4. The first-order valence-corrected chi connectivity index (χ1v) is 3.72. The number of nitrogens with zero attached hydrogens (tertiary/aromatic N) is 2. The van der Waals surface area contributed by atoms with Gasteiger partial charge in [0.2, 0.25) is 0 Å². The summed E-state index contributed by atoms with van der Waals surface area (Å²) < 4.78 is 0. The van der Waals surface area contributed by atoms with Gasteiger partial charge in [0.15, 0.2) is 5.66 Å². The molecule has 12 heavy (non-hydrogen) atoms. The molecule has 0 saturated carbocycles. The van der Waals surface area contributed by atoms with Gasteiger partial charge in [-0.15, -0.1) is 0 Å². The van der Waals surface area contributed by atoms with Gasteiger partial charge in [0.05, 0.1) is 0 Å². The fourth-order valence-corrected chi connectivity index (χ4v) is 1.03. The van der Waals surface area contributed by atoms with Gasteiger partial charge >= 0.3 is 5.97 Å². The third-order valence-electron chi connectivity index (χ3n) is 1.79. The topological polar surface area (TPSA) is 114 Å². The van der Waals surface area contributed by atoms with Crippen molar-refractivity contribution in [2.75, 3.05) is 6.54 Å². The van der Waals surface area contributed by atoms with E-state index in [1.165, 1.54) is 0 Å². The Labute approximate surface area is 69.6 Å². The molecule has 0 bridgehead atoms. The molecule has 1 atom stereocenters. The van der Waals surface area contributed by atoms with Crippen LogP contribution in [-0.4, -0.2) is 29.3 Å². The van der Waals surface area contributed by atoms with Crippen LogP contribution in [0.1, 0.15) is 12.8 Å². The van der Waals surface area contributed by atoms with Crippen LogP contribution in [0.5, 0.6) is 0 Å². The highest BCUT2D eigenvalue weighted by molar-refractivity contribution is 5.73. The Morgan fingerprint density at radius 1 is 1.58 bits per heavy atom. The highest BCUT2D eigenvalue weighted by Gasteiger charge is 2.41. The van der Waals surface area contributed by atoms with Gasteiger partial charge in [-0.2, -0.15) is 10.2 Å². The van der Waals surface area contributed by atoms with E-state index in [9.17, 15) is 4.79 Å². The van der Waals surface area contributed by atoms with E-state index < -0.39 is 17.7 Å². The summed E-state index contributed by atoms with van der Waals surface area (Å²) in [6.07, 6.45) is 0.827. The third kappa shape index (κ3) is 1.99. The molecule has 0 aromatic heterocycles. The smallest absolute Gasteiger partial charge is 0.320 e. The van der Waals surface area contributed by atoms with Crippen molar-refractivity contribution in [3.8, 4) is 0 Å². The lowest BCUT2D eigenvalue weighted by molar-refractivity contribution is -0.138.